The Morgan fingerprint density at radius 2 is 2.24 bits per heavy atom. The molecule has 0 unspecified atom stereocenters. The van der Waals surface area contributed by atoms with Crippen LogP contribution in [0.1, 0.15) is 10.4 Å². The van der Waals surface area contributed by atoms with Crippen molar-refractivity contribution in [2.75, 3.05) is 6.61 Å². The molecule has 8 heteroatoms. The fourth-order valence-corrected chi connectivity index (χ4v) is 0.817. The zero-order valence-corrected chi connectivity index (χ0v) is 8.37. The Balaban J connectivity index is 2.40. The third-order valence-corrected chi connectivity index (χ3v) is 1.67. The molecular formula is C9H8F4N2O2. The number of hydrogen-bond acceptors (Lipinski definition) is 3. The maximum absolute atomic E-state index is 12.4. The summed E-state index contributed by atoms with van der Waals surface area (Å²) in [4.78, 5) is 18.8. The van der Waals surface area contributed by atoms with E-state index in [0.29, 0.717) is 0 Å². The minimum Gasteiger partial charge on any atom is -0.267 e. The molecule has 1 amide bonds. The van der Waals surface area contributed by atoms with E-state index in [1.165, 1.54) is 24.5 Å². The fourth-order valence-electron chi connectivity index (χ4n) is 0.817. The lowest BCUT2D eigenvalue weighted by molar-refractivity contribution is -0.175. The third-order valence-electron chi connectivity index (χ3n) is 1.67. The van der Waals surface area contributed by atoms with Gasteiger partial charge >= 0.3 is 12.3 Å². The highest BCUT2D eigenvalue weighted by molar-refractivity contribution is 5.92. The van der Waals surface area contributed by atoms with Crippen LogP contribution >= 0.6 is 0 Å². The van der Waals surface area contributed by atoms with Gasteiger partial charge in [-0.25, -0.2) is 14.3 Å². The Hall–Kier alpha value is -1.70. The normalized spacial score (nSPS) is 11.6. The van der Waals surface area contributed by atoms with Crippen molar-refractivity contribution in [3.05, 3.63) is 30.1 Å². The molecule has 0 aromatic carbocycles. The van der Waals surface area contributed by atoms with Crippen LogP contribution in [0.25, 0.3) is 0 Å². The molecule has 0 atom stereocenters. The van der Waals surface area contributed by atoms with E-state index in [1.54, 1.807) is 5.48 Å². The van der Waals surface area contributed by atoms with Crippen LogP contribution < -0.4 is 5.48 Å². The molecule has 17 heavy (non-hydrogen) atoms. The average molecular weight is 252 g/mol. The van der Waals surface area contributed by atoms with Gasteiger partial charge in [0.05, 0.1) is 5.56 Å². The number of aromatic nitrogens is 1. The van der Waals surface area contributed by atoms with Gasteiger partial charge in [0.2, 0.25) is 0 Å². The van der Waals surface area contributed by atoms with Crippen molar-refractivity contribution in [1.29, 1.82) is 0 Å². The summed E-state index contributed by atoms with van der Waals surface area (Å²) in [6, 6.07) is 2.81. The largest absolute Gasteiger partial charge is 0.332 e. The molecule has 4 nitrogen and oxygen atoms in total. The summed E-state index contributed by atoms with van der Waals surface area (Å²) >= 11 is 0. The van der Waals surface area contributed by atoms with Crippen LogP contribution in [-0.2, 0) is 4.84 Å². The minimum absolute atomic E-state index is 0.0628. The minimum atomic E-state index is -4.30. The van der Waals surface area contributed by atoms with Crippen LogP contribution in [0.3, 0.4) is 0 Å². The second kappa shape index (κ2) is 5.58. The lowest BCUT2D eigenvalue weighted by atomic mass is 10.3. The SMILES string of the molecule is O=C(NOCC(F)(F)C(F)F)c1cccnc1. The third kappa shape index (κ3) is 3.99. The number of amides is 1. The van der Waals surface area contributed by atoms with E-state index in [9.17, 15) is 22.4 Å². The Labute approximate surface area is 93.6 Å². The first-order chi connectivity index (χ1) is 7.93. The van der Waals surface area contributed by atoms with Crippen LogP contribution in [-0.4, -0.2) is 29.8 Å². The van der Waals surface area contributed by atoms with Crippen molar-refractivity contribution in [1.82, 2.24) is 10.5 Å². The maximum Gasteiger partial charge on any atom is 0.332 e. The number of hydroxylamine groups is 1. The van der Waals surface area contributed by atoms with Gasteiger partial charge in [0.1, 0.15) is 6.61 Å². The standard InChI is InChI=1S/C9H8F4N2O2/c10-8(11)9(12,13)5-17-15-7(16)6-2-1-3-14-4-6/h1-4,8H,5H2,(H,15,16). The molecule has 0 fully saturated rings. The zero-order valence-electron chi connectivity index (χ0n) is 8.37. The first kappa shape index (κ1) is 13.4. The van der Waals surface area contributed by atoms with Crippen LogP contribution in [0.15, 0.2) is 24.5 Å². The van der Waals surface area contributed by atoms with E-state index in [0.717, 1.165) is 0 Å². The number of carbonyl (C=O) groups excluding carboxylic acids is 1. The second-order valence-corrected chi connectivity index (χ2v) is 3.02. The monoisotopic (exact) mass is 252 g/mol. The van der Waals surface area contributed by atoms with E-state index in [4.69, 9.17) is 0 Å². The van der Waals surface area contributed by atoms with Gasteiger partial charge in [0, 0.05) is 12.4 Å². The summed E-state index contributed by atoms with van der Waals surface area (Å²) in [6.45, 7) is -1.60. The van der Waals surface area contributed by atoms with Gasteiger partial charge in [0.25, 0.3) is 5.91 Å². The van der Waals surface area contributed by atoms with E-state index >= 15 is 0 Å². The van der Waals surface area contributed by atoms with Gasteiger partial charge in [0.15, 0.2) is 0 Å². The van der Waals surface area contributed by atoms with Crippen molar-refractivity contribution in [3.63, 3.8) is 0 Å². The van der Waals surface area contributed by atoms with E-state index < -0.39 is 24.9 Å². The molecule has 1 N–H and O–H groups in total. The van der Waals surface area contributed by atoms with Gasteiger partial charge in [-0.3, -0.25) is 14.6 Å². The molecule has 1 rings (SSSR count). The van der Waals surface area contributed by atoms with Crippen molar-refractivity contribution in [2.45, 2.75) is 12.3 Å². The fraction of sp³-hybridized carbons (Fsp3) is 0.333. The van der Waals surface area contributed by atoms with E-state index in [-0.39, 0.29) is 5.56 Å². The summed E-state index contributed by atoms with van der Waals surface area (Å²) in [5.41, 5.74) is 1.68. The molecule has 0 aliphatic heterocycles. The molecular weight excluding hydrogens is 244 g/mol. The van der Waals surface area contributed by atoms with Crippen LogP contribution in [0.4, 0.5) is 17.6 Å². The van der Waals surface area contributed by atoms with Gasteiger partial charge < -0.3 is 0 Å². The van der Waals surface area contributed by atoms with Crippen molar-refractivity contribution >= 4 is 5.91 Å². The zero-order chi connectivity index (χ0) is 12.9. The van der Waals surface area contributed by atoms with Crippen molar-refractivity contribution in [3.8, 4) is 0 Å². The highest BCUT2D eigenvalue weighted by atomic mass is 19.3. The first-order valence-electron chi connectivity index (χ1n) is 4.41. The Morgan fingerprint density at radius 1 is 1.53 bits per heavy atom. The van der Waals surface area contributed by atoms with E-state index in [2.05, 4.69) is 9.82 Å². The first-order valence-corrected chi connectivity index (χ1v) is 4.41. The summed E-state index contributed by atoms with van der Waals surface area (Å²) in [7, 11) is 0. The van der Waals surface area contributed by atoms with Crippen molar-refractivity contribution < 1.29 is 27.2 Å². The maximum atomic E-state index is 12.4. The molecule has 0 saturated heterocycles. The molecule has 0 saturated carbocycles. The molecule has 1 heterocycles. The smallest absolute Gasteiger partial charge is 0.267 e. The summed E-state index contributed by atoms with van der Waals surface area (Å²) < 4.78 is 48.1. The van der Waals surface area contributed by atoms with Gasteiger partial charge in [-0.1, -0.05) is 0 Å². The van der Waals surface area contributed by atoms with Crippen LogP contribution in [0.2, 0.25) is 0 Å². The molecule has 94 valence electrons. The Kier molecular flexibility index (Phi) is 4.38. The van der Waals surface area contributed by atoms with Crippen LogP contribution in [0.5, 0.6) is 0 Å². The molecule has 1 aromatic rings. The Morgan fingerprint density at radius 3 is 2.76 bits per heavy atom. The number of nitrogens with one attached hydrogen (secondary N) is 1. The van der Waals surface area contributed by atoms with Gasteiger partial charge in [-0.15, -0.1) is 0 Å². The van der Waals surface area contributed by atoms with Gasteiger partial charge in [-0.05, 0) is 12.1 Å². The van der Waals surface area contributed by atoms with E-state index in [1.807, 2.05) is 0 Å². The predicted molar refractivity (Wildman–Crippen MR) is 48.6 cm³/mol. The lowest BCUT2D eigenvalue weighted by Crippen LogP contribution is -2.36. The average Bonchev–Trinajstić information content (AvgIpc) is 2.29. The Bertz CT molecular complexity index is 373. The second-order valence-electron chi connectivity index (χ2n) is 3.02. The quantitative estimate of drug-likeness (QED) is 0.640. The number of alkyl halides is 4. The molecule has 0 bridgehead atoms. The predicted octanol–water partition coefficient (Wildman–Crippen LogP) is 1.64. The lowest BCUT2D eigenvalue weighted by Gasteiger charge is -2.14. The molecule has 0 aliphatic rings. The summed E-state index contributed by atoms with van der Waals surface area (Å²) in [6.07, 6.45) is -1.27. The molecule has 1 aromatic heterocycles. The summed E-state index contributed by atoms with van der Waals surface area (Å²) in [5, 5.41) is 0. The molecule has 0 aliphatic carbocycles. The number of pyridine rings is 1. The highest BCUT2D eigenvalue weighted by Gasteiger charge is 2.41. The number of carbonyl (C=O) groups is 1. The van der Waals surface area contributed by atoms with Crippen molar-refractivity contribution in [2.24, 2.45) is 0 Å². The number of nitrogens with zero attached hydrogens (tertiary/aromatic N) is 1. The molecule has 0 radical (unpaired) electrons. The summed E-state index contributed by atoms with van der Waals surface area (Å²) in [5.74, 6) is -5.15. The molecule has 0 spiro atoms. The number of rotatable bonds is 5. The van der Waals surface area contributed by atoms with Crippen LogP contribution in [0, 0.1) is 0 Å². The highest BCUT2D eigenvalue weighted by Crippen LogP contribution is 2.22. The number of hydrogen-bond donors (Lipinski definition) is 1. The number of halogens is 4. The van der Waals surface area contributed by atoms with Gasteiger partial charge in [-0.2, -0.15) is 8.78 Å². The topological polar surface area (TPSA) is 51.2 Å².